The first-order valence-electron chi connectivity index (χ1n) is 2.11. The van der Waals surface area contributed by atoms with Gasteiger partial charge in [-0.1, -0.05) is 6.08 Å². The lowest BCUT2D eigenvalue weighted by atomic mass is 10.6. The molecule has 0 aliphatic heterocycles. The lowest BCUT2D eigenvalue weighted by Gasteiger charge is -1.76. The number of hydrogen-bond acceptors (Lipinski definition) is 2. The maximum absolute atomic E-state index is 9.69. The van der Waals surface area contributed by atoms with Crippen LogP contribution < -0.4 is 0 Å². The molecule has 0 unspecified atom stereocenters. The SMILES string of the molecule is C=CCN=CC(=O)O. The summed E-state index contributed by atoms with van der Waals surface area (Å²) in [4.78, 5) is 13.1. The highest BCUT2D eigenvalue weighted by molar-refractivity contribution is 6.21. The summed E-state index contributed by atoms with van der Waals surface area (Å²) in [7, 11) is 0. The summed E-state index contributed by atoms with van der Waals surface area (Å²) in [6.45, 7) is 3.72. The first-order chi connectivity index (χ1) is 3.77. The molecule has 0 bridgehead atoms. The van der Waals surface area contributed by atoms with Gasteiger partial charge in [0.25, 0.3) is 0 Å². The standard InChI is InChI=1S/C5H7NO2/c1-2-3-6-4-5(7)8/h2,4H,1,3H2,(H,7,8). The molecule has 44 valence electrons. The zero-order chi connectivity index (χ0) is 6.41. The number of carboxylic acid groups (broad SMARTS) is 1. The molecule has 3 heteroatoms. The lowest BCUT2D eigenvalue weighted by molar-refractivity contribution is -0.128. The van der Waals surface area contributed by atoms with Crippen molar-refractivity contribution in [3.05, 3.63) is 12.7 Å². The van der Waals surface area contributed by atoms with Crippen molar-refractivity contribution in [2.24, 2.45) is 4.99 Å². The second-order valence-corrected chi connectivity index (χ2v) is 1.12. The van der Waals surface area contributed by atoms with Gasteiger partial charge in [0, 0.05) is 0 Å². The smallest absolute Gasteiger partial charge is 0.346 e. The van der Waals surface area contributed by atoms with E-state index in [0.717, 1.165) is 6.21 Å². The van der Waals surface area contributed by atoms with Crippen molar-refractivity contribution in [2.75, 3.05) is 6.54 Å². The molecule has 0 amide bonds. The van der Waals surface area contributed by atoms with Gasteiger partial charge in [-0.2, -0.15) is 0 Å². The van der Waals surface area contributed by atoms with E-state index in [1.165, 1.54) is 6.08 Å². The number of aliphatic imine (C=N–C) groups is 1. The minimum absolute atomic E-state index is 0.367. The number of rotatable bonds is 3. The predicted octanol–water partition coefficient (Wildman–Crippen LogP) is 0.328. The van der Waals surface area contributed by atoms with E-state index < -0.39 is 5.97 Å². The van der Waals surface area contributed by atoms with Gasteiger partial charge in [0.05, 0.1) is 6.54 Å². The van der Waals surface area contributed by atoms with Crippen LogP contribution in [0.15, 0.2) is 17.6 Å². The highest BCUT2D eigenvalue weighted by Crippen LogP contribution is 1.66. The number of carbonyl (C=O) groups is 1. The van der Waals surface area contributed by atoms with Gasteiger partial charge in [0.15, 0.2) is 0 Å². The molecule has 1 N–H and O–H groups in total. The minimum Gasteiger partial charge on any atom is -0.477 e. The van der Waals surface area contributed by atoms with Crippen LogP contribution in [-0.2, 0) is 4.79 Å². The molecular weight excluding hydrogens is 106 g/mol. The zero-order valence-electron chi connectivity index (χ0n) is 4.37. The van der Waals surface area contributed by atoms with E-state index in [-0.39, 0.29) is 0 Å². The average Bonchev–Trinajstić information content (AvgIpc) is 1.66. The lowest BCUT2D eigenvalue weighted by Crippen LogP contribution is -1.94. The Kier molecular flexibility index (Phi) is 3.48. The topological polar surface area (TPSA) is 49.7 Å². The van der Waals surface area contributed by atoms with Crippen LogP contribution >= 0.6 is 0 Å². The molecule has 0 rings (SSSR count). The van der Waals surface area contributed by atoms with Gasteiger partial charge in [0.2, 0.25) is 0 Å². The van der Waals surface area contributed by atoms with Crippen molar-refractivity contribution < 1.29 is 9.90 Å². The monoisotopic (exact) mass is 113 g/mol. The molecule has 0 aromatic rings. The Morgan fingerprint density at radius 1 is 1.88 bits per heavy atom. The van der Waals surface area contributed by atoms with Gasteiger partial charge in [0.1, 0.15) is 6.21 Å². The summed E-state index contributed by atoms with van der Waals surface area (Å²) in [5.74, 6) is -1.02. The van der Waals surface area contributed by atoms with Crippen molar-refractivity contribution in [1.29, 1.82) is 0 Å². The number of nitrogens with zero attached hydrogens (tertiary/aromatic N) is 1. The maximum Gasteiger partial charge on any atom is 0.346 e. The molecule has 0 saturated carbocycles. The summed E-state index contributed by atoms with van der Waals surface area (Å²) in [6.07, 6.45) is 2.38. The highest BCUT2D eigenvalue weighted by atomic mass is 16.4. The van der Waals surface area contributed by atoms with Crippen molar-refractivity contribution in [2.45, 2.75) is 0 Å². The van der Waals surface area contributed by atoms with Crippen molar-refractivity contribution in [3.63, 3.8) is 0 Å². The van der Waals surface area contributed by atoms with E-state index in [2.05, 4.69) is 11.6 Å². The fraction of sp³-hybridized carbons (Fsp3) is 0.200. The van der Waals surface area contributed by atoms with Crippen LogP contribution in [0, 0.1) is 0 Å². The van der Waals surface area contributed by atoms with E-state index in [0.29, 0.717) is 6.54 Å². The van der Waals surface area contributed by atoms with Crippen molar-refractivity contribution in [1.82, 2.24) is 0 Å². The maximum atomic E-state index is 9.69. The van der Waals surface area contributed by atoms with E-state index in [9.17, 15) is 4.79 Å². The first kappa shape index (κ1) is 6.88. The van der Waals surface area contributed by atoms with E-state index in [4.69, 9.17) is 5.11 Å². The van der Waals surface area contributed by atoms with Crippen LogP contribution in [0.4, 0.5) is 0 Å². The third kappa shape index (κ3) is 4.88. The van der Waals surface area contributed by atoms with Gasteiger partial charge in [-0.15, -0.1) is 6.58 Å². The number of carboxylic acids is 1. The summed E-state index contributed by atoms with van der Waals surface area (Å²) in [5, 5.41) is 7.96. The Morgan fingerprint density at radius 2 is 2.50 bits per heavy atom. The number of hydrogen-bond donors (Lipinski definition) is 1. The van der Waals surface area contributed by atoms with Gasteiger partial charge >= 0.3 is 5.97 Å². The Hall–Kier alpha value is -1.12. The first-order valence-corrected chi connectivity index (χ1v) is 2.11. The normalized spacial score (nSPS) is 9.50. The molecular formula is C5H7NO2. The van der Waals surface area contributed by atoms with Gasteiger partial charge in [-0.3, -0.25) is 4.99 Å². The van der Waals surface area contributed by atoms with Crippen LogP contribution in [0.3, 0.4) is 0 Å². The molecule has 0 heterocycles. The predicted molar refractivity (Wildman–Crippen MR) is 31.2 cm³/mol. The van der Waals surface area contributed by atoms with Crippen molar-refractivity contribution >= 4 is 12.2 Å². The molecule has 0 aromatic heterocycles. The molecule has 0 spiro atoms. The van der Waals surface area contributed by atoms with Gasteiger partial charge < -0.3 is 5.11 Å². The summed E-state index contributed by atoms with van der Waals surface area (Å²) < 4.78 is 0. The van der Waals surface area contributed by atoms with Crippen LogP contribution in [0.2, 0.25) is 0 Å². The minimum atomic E-state index is -1.02. The molecule has 0 aromatic carbocycles. The molecule has 0 aliphatic carbocycles. The quantitative estimate of drug-likeness (QED) is 0.423. The van der Waals surface area contributed by atoms with Crippen LogP contribution in [0.1, 0.15) is 0 Å². The third-order valence-electron chi connectivity index (χ3n) is 0.436. The average molecular weight is 113 g/mol. The largest absolute Gasteiger partial charge is 0.477 e. The third-order valence-corrected chi connectivity index (χ3v) is 0.436. The summed E-state index contributed by atoms with van der Waals surface area (Å²) >= 11 is 0. The Balaban J connectivity index is 3.34. The number of aliphatic carboxylic acids is 1. The highest BCUT2D eigenvalue weighted by Gasteiger charge is 1.81. The van der Waals surface area contributed by atoms with Crippen molar-refractivity contribution in [3.8, 4) is 0 Å². The fourth-order valence-corrected chi connectivity index (χ4v) is 0.205. The van der Waals surface area contributed by atoms with Gasteiger partial charge in [-0.05, 0) is 0 Å². The summed E-state index contributed by atoms with van der Waals surface area (Å²) in [5.41, 5.74) is 0. The second kappa shape index (κ2) is 4.05. The second-order valence-electron chi connectivity index (χ2n) is 1.12. The van der Waals surface area contributed by atoms with Crippen LogP contribution in [0.5, 0.6) is 0 Å². The molecule has 8 heavy (non-hydrogen) atoms. The van der Waals surface area contributed by atoms with Crippen LogP contribution in [0.25, 0.3) is 0 Å². The van der Waals surface area contributed by atoms with Gasteiger partial charge in [-0.25, -0.2) is 4.79 Å². The fourth-order valence-electron chi connectivity index (χ4n) is 0.205. The molecule has 0 saturated heterocycles. The van der Waals surface area contributed by atoms with E-state index in [1.807, 2.05) is 0 Å². The Labute approximate surface area is 47.4 Å². The van der Waals surface area contributed by atoms with Crippen LogP contribution in [-0.4, -0.2) is 23.8 Å². The van der Waals surface area contributed by atoms with E-state index >= 15 is 0 Å². The molecule has 0 atom stereocenters. The zero-order valence-corrected chi connectivity index (χ0v) is 4.37. The molecule has 0 aliphatic rings. The molecule has 3 nitrogen and oxygen atoms in total. The summed E-state index contributed by atoms with van der Waals surface area (Å²) in [6, 6.07) is 0. The molecule has 0 fully saturated rings. The van der Waals surface area contributed by atoms with E-state index in [1.54, 1.807) is 0 Å². The Morgan fingerprint density at radius 3 is 2.88 bits per heavy atom. The Bertz CT molecular complexity index is 118. The molecule has 0 radical (unpaired) electrons.